The van der Waals surface area contributed by atoms with Crippen LogP contribution in [-0.2, 0) is 6.42 Å². The lowest BCUT2D eigenvalue weighted by Crippen LogP contribution is -2.26. The fourth-order valence-corrected chi connectivity index (χ4v) is 3.01. The van der Waals surface area contributed by atoms with Gasteiger partial charge >= 0.3 is 0 Å². The molecule has 1 N–H and O–H groups in total. The molecule has 0 bridgehead atoms. The molecule has 0 spiro atoms. The van der Waals surface area contributed by atoms with Gasteiger partial charge in [0.15, 0.2) is 0 Å². The Labute approximate surface area is 115 Å². The molecule has 1 aromatic heterocycles. The molecule has 102 valence electrons. The number of benzene rings is 1. The molecular weight excluding hydrogens is 262 g/mol. The number of nitrogens with one attached hydrogen (secondary N) is 1. The molecule has 0 aliphatic carbocycles. The van der Waals surface area contributed by atoms with E-state index in [2.05, 4.69) is 17.2 Å². The summed E-state index contributed by atoms with van der Waals surface area (Å²) in [6.45, 7) is 3.98. The minimum absolute atomic E-state index is 0.199. The van der Waals surface area contributed by atoms with Crippen LogP contribution < -0.4 is 5.32 Å². The van der Waals surface area contributed by atoms with E-state index in [1.54, 1.807) is 6.07 Å². The molecule has 0 fully saturated rings. The zero-order valence-electron chi connectivity index (χ0n) is 11.3. The van der Waals surface area contributed by atoms with Crippen LogP contribution in [0.4, 0.5) is 5.69 Å². The number of aryl methyl sites for hydroxylation is 1. The third kappa shape index (κ3) is 2.90. The van der Waals surface area contributed by atoms with Gasteiger partial charge in [0.05, 0.1) is 20.1 Å². The number of fused-ring (bicyclic) bond motifs is 1. The Morgan fingerprint density at radius 1 is 1.53 bits per heavy atom. The summed E-state index contributed by atoms with van der Waals surface area (Å²) in [5.41, 5.74) is 1.81. The van der Waals surface area contributed by atoms with Gasteiger partial charge in [-0.25, -0.2) is 4.98 Å². The molecule has 0 saturated carbocycles. The predicted molar refractivity (Wildman–Crippen MR) is 77.9 cm³/mol. The Bertz CT molecular complexity index is 605. The number of nitro benzene ring substituents is 1. The van der Waals surface area contributed by atoms with E-state index in [0.717, 1.165) is 27.2 Å². The maximum absolute atomic E-state index is 11.2. The molecule has 1 aromatic carbocycles. The molecule has 5 nitrogen and oxygen atoms in total. The van der Waals surface area contributed by atoms with Crippen LogP contribution in [0.1, 0.15) is 23.9 Å². The van der Waals surface area contributed by atoms with Gasteiger partial charge in [-0.15, -0.1) is 11.3 Å². The van der Waals surface area contributed by atoms with Gasteiger partial charge < -0.3 is 5.32 Å². The Morgan fingerprint density at radius 2 is 2.26 bits per heavy atom. The number of hydrogen-bond acceptors (Lipinski definition) is 5. The zero-order chi connectivity index (χ0) is 14.0. The van der Waals surface area contributed by atoms with Crippen molar-refractivity contribution >= 4 is 27.2 Å². The van der Waals surface area contributed by atoms with Gasteiger partial charge in [-0.2, -0.15) is 0 Å². The van der Waals surface area contributed by atoms with Crippen LogP contribution in [0.2, 0.25) is 0 Å². The maximum Gasteiger partial charge on any atom is 0.274 e. The molecule has 6 heteroatoms. The second kappa shape index (κ2) is 5.63. The number of hydrogen-bond donors (Lipinski definition) is 1. The summed E-state index contributed by atoms with van der Waals surface area (Å²) in [7, 11) is 1.88. The highest BCUT2D eigenvalue weighted by Crippen LogP contribution is 2.30. The average Bonchev–Trinajstić information content (AvgIpc) is 2.73. The molecule has 19 heavy (non-hydrogen) atoms. The number of likely N-dealkylation sites (N-methyl/N-ethyl adjacent to an activating group) is 1. The molecule has 0 aliphatic heterocycles. The van der Waals surface area contributed by atoms with Crippen LogP contribution in [0.15, 0.2) is 12.1 Å². The molecule has 1 unspecified atom stereocenters. The molecule has 0 radical (unpaired) electrons. The van der Waals surface area contributed by atoms with Crippen LogP contribution >= 0.6 is 11.3 Å². The highest BCUT2D eigenvalue weighted by molar-refractivity contribution is 7.18. The van der Waals surface area contributed by atoms with Gasteiger partial charge in [0, 0.05) is 17.7 Å². The van der Waals surface area contributed by atoms with E-state index in [-0.39, 0.29) is 16.7 Å². The van der Waals surface area contributed by atoms with Gasteiger partial charge in [-0.1, -0.05) is 6.92 Å². The summed E-state index contributed by atoms with van der Waals surface area (Å²) >= 11 is 1.49. The van der Waals surface area contributed by atoms with Crippen LogP contribution in [0.25, 0.3) is 10.2 Å². The molecular formula is C13H17N3O2S. The van der Waals surface area contributed by atoms with Crippen LogP contribution in [0, 0.1) is 17.0 Å². The van der Waals surface area contributed by atoms with Gasteiger partial charge in [0.2, 0.25) is 0 Å². The number of nitrogens with zero attached hydrogens (tertiary/aromatic N) is 2. The van der Waals surface area contributed by atoms with Crippen molar-refractivity contribution < 1.29 is 4.92 Å². The lowest BCUT2D eigenvalue weighted by atomic mass is 10.0. The first-order valence-corrected chi connectivity index (χ1v) is 7.08. The van der Waals surface area contributed by atoms with E-state index < -0.39 is 0 Å². The topological polar surface area (TPSA) is 68.1 Å². The van der Waals surface area contributed by atoms with E-state index in [4.69, 9.17) is 0 Å². The van der Waals surface area contributed by atoms with Crippen molar-refractivity contribution in [3.8, 4) is 0 Å². The standard InChI is InChI=1S/C13H17N3O2S/c1-4-10(14-3)5-9-6-11-13(19-8(2)15-11)7-12(9)16(17)18/h6-7,10,14H,4-5H2,1-3H3. The Morgan fingerprint density at radius 3 is 2.84 bits per heavy atom. The molecule has 0 amide bonds. The Hall–Kier alpha value is -1.53. The fourth-order valence-electron chi connectivity index (χ4n) is 2.17. The first-order valence-electron chi connectivity index (χ1n) is 6.26. The Kier molecular flexibility index (Phi) is 4.11. The summed E-state index contributed by atoms with van der Waals surface area (Å²) in [5.74, 6) is 0. The number of thiazole rings is 1. The molecule has 1 heterocycles. The van der Waals surface area contributed by atoms with E-state index in [1.807, 2.05) is 20.0 Å². The van der Waals surface area contributed by atoms with E-state index in [0.29, 0.717) is 6.42 Å². The van der Waals surface area contributed by atoms with Crippen molar-refractivity contribution in [2.24, 2.45) is 0 Å². The predicted octanol–water partition coefficient (Wildman–Crippen LogP) is 3.05. The quantitative estimate of drug-likeness (QED) is 0.674. The largest absolute Gasteiger partial charge is 0.317 e. The smallest absolute Gasteiger partial charge is 0.274 e. The van der Waals surface area contributed by atoms with Crippen molar-refractivity contribution in [3.05, 3.63) is 32.8 Å². The molecule has 2 rings (SSSR count). The van der Waals surface area contributed by atoms with Gasteiger partial charge in [-0.05, 0) is 32.9 Å². The summed E-state index contributed by atoms with van der Waals surface area (Å²) in [4.78, 5) is 15.3. The fraction of sp³-hybridized carbons (Fsp3) is 0.462. The molecule has 2 aromatic rings. The van der Waals surface area contributed by atoms with Gasteiger partial charge in [-0.3, -0.25) is 10.1 Å². The minimum atomic E-state index is -0.299. The first kappa shape index (κ1) is 13.9. The van der Waals surface area contributed by atoms with Crippen LogP contribution in [0.5, 0.6) is 0 Å². The van der Waals surface area contributed by atoms with Gasteiger partial charge in [0.25, 0.3) is 5.69 Å². The van der Waals surface area contributed by atoms with E-state index >= 15 is 0 Å². The van der Waals surface area contributed by atoms with Crippen LogP contribution in [0.3, 0.4) is 0 Å². The highest BCUT2D eigenvalue weighted by Gasteiger charge is 2.19. The van der Waals surface area contributed by atoms with Crippen molar-refractivity contribution in [2.75, 3.05) is 7.05 Å². The monoisotopic (exact) mass is 279 g/mol. The molecule has 1 atom stereocenters. The zero-order valence-corrected chi connectivity index (χ0v) is 12.1. The minimum Gasteiger partial charge on any atom is -0.317 e. The van der Waals surface area contributed by atoms with Gasteiger partial charge in [0.1, 0.15) is 0 Å². The van der Waals surface area contributed by atoms with Crippen molar-refractivity contribution in [1.29, 1.82) is 0 Å². The lowest BCUT2D eigenvalue weighted by molar-refractivity contribution is -0.385. The number of aromatic nitrogens is 1. The SMILES string of the molecule is CCC(Cc1cc2nc(C)sc2cc1[N+](=O)[O-])NC. The Balaban J connectivity index is 2.49. The number of rotatable bonds is 5. The summed E-state index contributed by atoms with van der Waals surface area (Å²) in [6.07, 6.45) is 1.58. The van der Waals surface area contributed by atoms with E-state index in [1.165, 1.54) is 11.3 Å². The van der Waals surface area contributed by atoms with Crippen molar-refractivity contribution in [2.45, 2.75) is 32.7 Å². The third-order valence-corrected chi connectivity index (χ3v) is 4.19. The van der Waals surface area contributed by atoms with Crippen LogP contribution in [-0.4, -0.2) is 23.0 Å². The highest BCUT2D eigenvalue weighted by atomic mass is 32.1. The lowest BCUT2D eigenvalue weighted by Gasteiger charge is -2.13. The maximum atomic E-state index is 11.2. The number of nitro groups is 1. The summed E-state index contributed by atoms with van der Waals surface area (Å²) in [6, 6.07) is 3.75. The normalized spacial score (nSPS) is 12.8. The average molecular weight is 279 g/mol. The second-order valence-corrected chi connectivity index (χ2v) is 5.77. The summed E-state index contributed by atoms with van der Waals surface area (Å²) < 4.78 is 0.880. The molecule has 0 aliphatic rings. The second-order valence-electron chi connectivity index (χ2n) is 4.54. The van der Waals surface area contributed by atoms with Crippen molar-refractivity contribution in [3.63, 3.8) is 0 Å². The molecule has 0 saturated heterocycles. The summed E-state index contributed by atoms with van der Waals surface area (Å²) in [5, 5.41) is 15.3. The van der Waals surface area contributed by atoms with Crippen molar-refractivity contribution in [1.82, 2.24) is 10.3 Å². The third-order valence-electron chi connectivity index (χ3n) is 3.26. The first-order chi connectivity index (χ1) is 9.05. The van der Waals surface area contributed by atoms with E-state index in [9.17, 15) is 10.1 Å².